The van der Waals surface area contributed by atoms with Crippen LogP contribution in [0.4, 0.5) is 5.13 Å². The summed E-state index contributed by atoms with van der Waals surface area (Å²) in [7, 11) is 0. The van der Waals surface area contributed by atoms with Gasteiger partial charge in [-0.1, -0.05) is 36.8 Å². The van der Waals surface area contributed by atoms with Gasteiger partial charge in [0, 0.05) is 29.8 Å². The molecule has 170 valence electrons. The molecular formula is C22H31Cl2N5OS. The molecule has 0 saturated heterocycles. The summed E-state index contributed by atoms with van der Waals surface area (Å²) in [6.07, 6.45) is 0. The highest BCUT2D eigenvalue weighted by molar-refractivity contribution is 7.22. The zero-order chi connectivity index (χ0) is 22.0. The molecule has 0 bridgehead atoms. The molecule has 0 aliphatic rings. The van der Waals surface area contributed by atoms with Crippen LogP contribution < -0.4 is 4.90 Å². The quantitative estimate of drug-likeness (QED) is 0.408. The van der Waals surface area contributed by atoms with Gasteiger partial charge in [0.2, 0.25) is 0 Å². The van der Waals surface area contributed by atoms with Crippen LogP contribution in [0.15, 0.2) is 18.2 Å². The van der Waals surface area contributed by atoms with Gasteiger partial charge in [0.25, 0.3) is 5.91 Å². The number of amides is 1. The van der Waals surface area contributed by atoms with Crippen molar-refractivity contribution in [2.24, 2.45) is 0 Å². The molecule has 0 atom stereocenters. The van der Waals surface area contributed by atoms with E-state index < -0.39 is 0 Å². The van der Waals surface area contributed by atoms with Gasteiger partial charge in [0.05, 0.1) is 10.2 Å². The molecule has 0 aliphatic heterocycles. The Balaban J connectivity index is 0.00000341. The minimum atomic E-state index is -0.118. The Morgan fingerprint density at radius 1 is 1.19 bits per heavy atom. The topological polar surface area (TPSA) is 54.3 Å². The predicted octanol–water partition coefficient (Wildman–Crippen LogP) is 5.75. The minimum Gasteiger partial charge on any atom is -0.302 e. The van der Waals surface area contributed by atoms with E-state index in [9.17, 15) is 4.79 Å². The lowest BCUT2D eigenvalue weighted by Crippen LogP contribution is -2.39. The van der Waals surface area contributed by atoms with Crippen molar-refractivity contribution in [3.8, 4) is 0 Å². The number of hydrogen-bond donors (Lipinski definition) is 0. The number of aryl methyl sites for hydroxylation is 2. The average Bonchev–Trinajstić information content (AvgIpc) is 3.32. The summed E-state index contributed by atoms with van der Waals surface area (Å²) >= 11 is 7.81. The largest absolute Gasteiger partial charge is 0.302 e. The molecule has 0 unspecified atom stereocenters. The fourth-order valence-electron chi connectivity index (χ4n) is 3.52. The summed E-state index contributed by atoms with van der Waals surface area (Å²) in [4.78, 5) is 22.4. The lowest BCUT2D eigenvalue weighted by molar-refractivity contribution is 0.0978. The van der Waals surface area contributed by atoms with Crippen molar-refractivity contribution >= 4 is 56.6 Å². The lowest BCUT2D eigenvalue weighted by atomic mass is 10.2. The van der Waals surface area contributed by atoms with Gasteiger partial charge in [-0.25, -0.2) is 4.98 Å². The van der Waals surface area contributed by atoms with Gasteiger partial charge in [0.1, 0.15) is 0 Å². The highest BCUT2D eigenvalue weighted by Gasteiger charge is 2.25. The van der Waals surface area contributed by atoms with Crippen LogP contribution in [0.5, 0.6) is 0 Å². The SMILES string of the molecule is CCN(CC)CCN(C(=O)c1cc(C)n(C(C)C)n1)c1nc2c(C)c(Cl)ccc2s1.Cl. The number of likely N-dealkylation sites (N-methyl/N-ethyl adjacent to an activating group) is 1. The fourth-order valence-corrected chi connectivity index (χ4v) is 4.72. The number of rotatable bonds is 8. The van der Waals surface area contributed by atoms with E-state index in [2.05, 4.69) is 37.7 Å². The van der Waals surface area contributed by atoms with Gasteiger partial charge in [0.15, 0.2) is 10.8 Å². The van der Waals surface area contributed by atoms with E-state index in [1.54, 1.807) is 4.90 Å². The van der Waals surface area contributed by atoms with Crippen LogP contribution in [0.3, 0.4) is 0 Å². The van der Waals surface area contributed by atoms with Crippen molar-refractivity contribution in [1.82, 2.24) is 19.7 Å². The van der Waals surface area contributed by atoms with E-state index in [4.69, 9.17) is 16.6 Å². The molecule has 0 spiro atoms. The van der Waals surface area contributed by atoms with Crippen molar-refractivity contribution in [1.29, 1.82) is 0 Å². The molecule has 0 saturated carbocycles. The molecule has 0 N–H and O–H groups in total. The number of fused-ring (bicyclic) bond motifs is 1. The zero-order valence-corrected chi connectivity index (χ0v) is 21.4. The molecule has 3 rings (SSSR count). The van der Waals surface area contributed by atoms with Crippen LogP contribution in [0.2, 0.25) is 5.02 Å². The Hall–Kier alpha value is -1.67. The van der Waals surface area contributed by atoms with Crippen LogP contribution in [-0.4, -0.2) is 51.8 Å². The number of hydrogen-bond acceptors (Lipinski definition) is 5. The molecule has 0 fully saturated rings. The maximum Gasteiger partial charge on any atom is 0.280 e. The summed E-state index contributed by atoms with van der Waals surface area (Å²) in [5, 5.41) is 5.95. The molecule has 2 aromatic heterocycles. The van der Waals surface area contributed by atoms with Crippen LogP contribution >= 0.6 is 35.3 Å². The number of anilines is 1. The number of carbonyl (C=O) groups excluding carboxylic acids is 1. The third kappa shape index (κ3) is 5.40. The lowest BCUT2D eigenvalue weighted by Gasteiger charge is -2.24. The zero-order valence-electron chi connectivity index (χ0n) is 19.0. The van der Waals surface area contributed by atoms with E-state index in [1.165, 1.54) is 11.3 Å². The molecule has 0 radical (unpaired) electrons. The normalized spacial score (nSPS) is 11.4. The molecule has 3 aromatic rings. The van der Waals surface area contributed by atoms with E-state index in [1.807, 2.05) is 36.7 Å². The van der Waals surface area contributed by atoms with Crippen molar-refractivity contribution in [2.45, 2.75) is 47.6 Å². The third-order valence-corrected chi connectivity index (χ3v) is 6.83. The van der Waals surface area contributed by atoms with Crippen molar-refractivity contribution in [3.05, 3.63) is 40.2 Å². The molecule has 31 heavy (non-hydrogen) atoms. The Labute approximate surface area is 199 Å². The molecule has 1 amide bonds. The van der Waals surface area contributed by atoms with Crippen molar-refractivity contribution < 1.29 is 4.79 Å². The fraction of sp³-hybridized carbons (Fsp3) is 0.500. The third-order valence-electron chi connectivity index (χ3n) is 5.38. The van der Waals surface area contributed by atoms with Crippen LogP contribution in [0.25, 0.3) is 10.2 Å². The number of nitrogens with zero attached hydrogens (tertiary/aromatic N) is 5. The highest BCUT2D eigenvalue weighted by Crippen LogP contribution is 2.34. The first-order chi connectivity index (χ1) is 14.3. The first-order valence-electron chi connectivity index (χ1n) is 10.4. The van der Waals surface area contributed by atoms with Crippen LogP contribution in [0, 0.1) is 13.8 Å². The minimum absolute atomic E-state index is 0. The Bertz CT molecular complexity index is 1040. The second-order valence-electron chi connectivity index (χ2n) is 7.71. The van der Waals surface area contributed by atoms with E-state index >= 15 is 0 Å². The predicted molar refractivity (Wildman–Crippen MR) is 133 cm³/mol. The molecule has 1 aromatic carbocycles. The molecule has 6 nitrogen and oxygen atoms in total. The molecular weight excluding hydrogens is 453 g/mol. The van der Waals surface area contributed by atoms with Crippen molar-refractivity contribution in [2.75, 3.05) is 31.1 Å². The Kier molecular flexibility index (Phi) is 8.89. The summed E-state index contributed by atoms with van der Waals surface area (Å²) in [5.74, 6) is -0.118. The van der Waals surface area contributed by atoms with Gasteiger partial charge in [-0.05, 0) is 64.5 Å². The Morgan fingerprint density at radius 3 is 2.45 bits per heavy atom. The molecule has 9 heteroatoms. The van der Waals surface area contributed by atoms with E-state index in [0.717, 1.165) is 41.1 Å². The van der Waals surface area contributed by atoms with Crippen LogP contribution in [0.1, 0.15) is 55.5 Å². The maximum absolute atomic E-state index is 13.5. The van der Waals surface area contributed by atoms with E-state index in [0.29, 0.717) is 22.4 Å². The molecule has 2 heterocycles. The van der Waals surface area contributed by atoms with Gasteiger partial charge >= 0.3 is 0 Å². The first-order valence-corrected chi connectivity index (χ1v) is 11.6. The average molecular weight is 484 g/mol. The van der Waals surface area contributed by atoms with E-state index in [-0.39, 0.29) is 24.4 Å². The van der Waals surface area contributed by atoms with Gasteiger partial charge < -0.3 is 4.90 Å². The first kappa shape index (κ1) is 25.6. The van der Waals surface area contributed by atoms with Gasteiger partial charge in [-0.3, -0.25) is 14.4 Å². The second-order valence-corrected chi connectivity index (χ2v) is 9.12. The Morgan fingerprint density at radius 2 is 1.87 bits per heavy atom. The number of aromatic nitrogens is 3. The summed E-state index contributed by atoms with van der Waals surface area (Å²) in [5.41, 5.74) is 3.22. The molecule has 0 aliphatic carbocycles. The van der Waals surface area contributed by atoms with Crippen LogP contribution in [-0.2, 0) is 0 Å². The maximum atomic E-state index is 13.5. The monoisotopic (exact) mass is 483 g/mol. The number of thiazole rings is 1. The standard InChI is InChI=1S/C22H30ClN5OS.ClH/c1-7-26(8-2)11-12-27(21(29)18-13-15(5)28(25-18)14(3)4)22-24-20-16(6)17(23)9-10-19(20)30-22;/h9-10,13-14H,7-8,11-12H2,1-6H3;1H. The highest BCUT2D eigenvalue weighted by atomic mass is 35.5. The van der Waals surface area contributed by atoms with Gasteiger partial charge in [-0.2, -0.15) is 5.10 Å². The smallest absolute Gasteiger partial charge is 0.280 e. The van der Waals surface area contributed by atoms with Gasteiger partial charge in [-0.15, -0.1) is 12.4 Å². The van der Waals surface area contributed by atoms with Crippen molar-refractivity contribution in [3.63, 3.8) is 0 Å². The summed E-state index contributed by atoms with van der Waals surface area (Å²) < 4.78 is 2.91. The number of carbonyl (C=O) groups is 1. The summed E-state index contributed by atoms with van der Waals surface area (Å²) in [6.45, 7) is 15.5. The number of halogens is 2. The number of benzene rings is 1. The second kappa shape index (κ2) is 10.8. The summed E-state index contributed by atoms with van der Waals surface area (Å²) in [6, 6.07) is 5.92.